The van der Waals surface area contributed by atoms with Gasteiger partial charge >= 0.3 is 0 Å². The number of thioether (sulfide) groups is 1. The number of nitrogens with zero attached hydrogens (tertiary/aromatic N) is 1. The van der Waals surface area contributed by atoms with Gasteiger partial charge in [0, 0.05) is 29.4 Å². The molecule has 1 aromatic carbocycles. The SMILES string of the molecule is COc1ccc(-c2cncc3cc(/C=C4\SC(=O)NC4=O)oc23)cc1. The number of carbonyl (C=O) groups excluding carboxylic acids is 2. The number of imide groups is 1. The lowest BCUT2D eigenvalue weighted by molar-refractivity contribution is -0.115. The van der Waals surface area contributed by atoms with E-state index in [-0.39, 0.29) is 5.24 Å². The van der Waals surface area contributed by atoms with Crippen molar-refractivity contribution in [2.75, 3.05) is 7.11 Å². The van der Waals surface area contributed by atoms with Gasteiger partial charge in [0.25, 0.3) is 11.1 Å². The quantitative estimate of drug-likeness (QED) is 0.722. The predicted molar refractivity (Wildman–Crippen MR) is 95.1 cm³/mol. The summed E-state index contributed by atoms with van der Waals surface area (Å²) in [6.45, 7) is 0. The van der Waals surface area contributed by atoms with Crippen molar-refractivity contribution in [3.63, 3.8) is 0 Å². The van der Waals surface area contributed by atoms with Crippen LogP contribution in [-0.2, 0) is 4.79 Å². The lowest BCUT2D eigenvalue weighted by Gasteiger charge is -2.04. The summed E-state index contributed by atoms with van der Waals surface area (Å²) in [7, 11) is 1.62. The summed E-state index contributed by atoms with van der Waals surface area (Å²) in [6, 6.07) is 9.37. The highest BCUT2D eigenvalue weighted by Gasteiger charge is 2.25. The van der Waals surface area contributed by atoms with Crippen molar-refractivity contribution in [2.24, 2.45) is 0 Å². The highest BCUT2D eigenvalue weighted by Crippen LogP contribution is 2.33. The molecule has 7 heteroatoms. The number of methoxy groups -OCH3 is 1. The van der Waals surface area contributed by atoms with E-state index in [1.807, 2.05) is 24.3 Å². The molecule has 0 bridgehead atoms. The average molecular weight is 352 g/mol. The lowest BCUT2D eigenvalue weighted by Crippen LogP contribution is -2.17. The predicted octanol–water partition coefficient (Wildman–Crippen LogP) is 3.83. The van der Waals surface area contributed by atoms with Gasteiger partial charge in [-0.05, 0) is 35.5 Å². The van der Waals surface area contributed by atoms with Crippen LogP contribution in [0.2, 0.25) is 0 Å². The van der Waals surface area contributed by atoms with Gasteiger partial charge in [-0.1, -0.05) is 12.1 Å². The monoisotopic (exact) mass is 352 g/mol. The van der Waals surface area contributed by atoms with Crippen LogP contribution in [0.1, 0.15) is 5.76 Å². The van der Waals surface area contributed by atoms with Crippen LogP contribution in [0.5, 0.6) is 5.75 Å². The Hall–Kier alpha value is -3.06. The summed E-state index contributed by atoms with van der Waals surface area (Å²) >= 11 is 0.855. The van der Waals surface area contributed by atoms with Gasteiger partial charge < -0.3 is 9.15 Å². The van der Waals surface area contributed by atoms with Crippen LogP contribution in [0.4, 0.5) is 4.79 Å². The minimum atomic E-state index is -0.413. The minimum Gasteiger partial charge on any atom is -0.497 e. The Morgan fingerprint density at radius 3 is 2.68 bits per heavy atom. The molecule has 3 heterocycles. The zero-order chi connectivity index (χ0) is 17.4. The number of nitrogens with one attached hydrogen (secondary N) is 1. The van der Waals surface area contributed by atoms with Crippen LogP contribution in [0.15, 0.2) is 52.0 Å². The Bertz CT molecular complexity index is 1020. The molecule has 1 aliphatic rings. The lowest BCUT2D eigenvalue weighted by atomic mass is 10.1. The van der Waals surface area contributed by atoms with Gasteiger partial charge in [-0.3, -0.25) is 19.9 Å². The first-order valence-corrected chi connectivity index (χ1v) is 8.22. The number of hydrogen-bond donors (Lipinski definition) is 1. The van der Waals surface area contributed by atoms with E-state index in [0.717, 1.165) is 34.0 Å². The number of carbonyl (C=O) groups is 2. The van der Waals surface area contributed by atoms with Gasteiger partial charge in [-0.15, -0.1) is 0 Å². The van der Waals surface area contributed by atoms with Crippen molar-refractivity contribution >= 4 is 40.0 Å². The van der Waals surface area contributed by atoms with Crippen LogP contribution in [0, 0.1) is 0 Å². The number of fused-ring (bicyclic) bond motifs is 1. The van der Waals surface area contributed by atoms with Gasteiger partial charge in [0.1, 0.15) is 17.1 Å². The molecular weight excluding hydrogens is 340 g/mol. The molecule has 1 fully saturated rings. The molecule has 1 saturated heterocycles. The number of furan rings is 1. The summed E-state index contributed by atoms with van der Waals surface area (Å²) in [5.74, 6) is 0.844. The van der Waals surface area contributed by atoms with Crippen molar-refractivity contribution in [3.8, 4) is 16.9 Å². The van der Waals surface area contributed by atoms with Crippen LogP contribution < -0.4 is 10.1 Å². The van der Waals surface area contributed by atoms with E-state index in [1.54, 1.807) is 31.6 Å². The van der Waals surface area contributed by atoms with Crippen molar-refractivity contribution in [1.29, 1.82) is 0 Å². The van der Waals surface area contributed by atoms with Gasteiger partial charge in [0.15, 0.2) is 0 Å². The molecule has 25 heavy (non-hydrogen) atoms. The third-order valence-corrected chi connectivity index (χ3v) is 4.57. The number of amides is 2. The average Bonchev–Trinajstić information content (AvgIpc) is 3.17. The van der Waals surface area contributed by atoms with Crippen LogP contribution >= 0.6 is 11.8 Å². The van der Waals surface area contributed by atoms with Crippen molar-refractivity contribution in [3.05, 3.63) is 53.4 Å². The number of rotatable bonds is 3. The van der Waals surface area contributed by atoms with E-state index in [2.05, 4.69) is 10.3 Å². The number of hydrogen-bond acceptors (Lipinski definition) is 6. The van der Waals surface area contributed by atoms with E-state index in [9.17, 15) is 9.59 Å². The Kier molecular flexibility index (Phi) is 3.77. The van der Waals surface area contributed by atoms with E-state index in [1.165, 1.54) is 0 Å². The smallest absolute Gasteiger partial charge is 0.290 e. The zero-order valence-electron chi connectivity index (χ0n) is 13.1. The Balaban J connectivity index is 1.77. The molecule has 3 aromatic rings. The number of aromatic nitrogens is 1. The van der Waals surface area contributed by atoms with E-state index < -0.39 is 5.91 Å². The second kappa shape index (κ2) is 6.10. The first-order chi connectivity index (χ1) is 12.1. The van der Waals surface area contributed by atoms with Gasteiger partial charge in [-0.2, -0.15) is 0 Å². The summed E-state index contributed by atoms with van der Waals surface area (Å²) in [5, 5.41) is 2.65. The molecule has 2 amide bonds. The van der Waals surface area contributed by atoms with Crippen LogP contribution in [-0.4, -0.2) is 23.2 Å². The number of ether oxygens (including phenoxy) is 1. The number of pyridine rings is 1. The second-order valence-corrected chi connectivity index (χ2v) is 6.35. The molecule has 4 rings (SSSR count). The van der Waals surface area contributed by atoms with Crippen molar-refractivity contribution < 1.29 is 18.7 Å². The highest BCUT2D eigenvalue weighted by atomic mass is 32.2. The van der Waals surface area contributed by atoms with Crippen molar-refractivity contribution in [1.82, 2.24) is 10.3 Å². The van der Waals surface area contributed by atoms with Gasteiger partial charge in [-0.25, -0.2) is 0 Å². The molecule has 6 nitrogen and oxygen atoms in total. The topological polar surface area (TPSA) is 81.4 Å². The molecule has 0 unspecified atom stereocenters. The standard InChI is InChI=1S/C18H12N2O4S/c1-23-12-4-2-10(3-5-12)14-9-19-8-11-6-13(24-16(11)14)7-15-17(21)20-18(22)25-15/h2-9H,1H3,(H,20,21,22)/b15-7-. The molecular formula is C18H12N2O4S. The first kappa shape index (κ1) is 15.5. The van der Waals surface area contributed by atoms with Crippen LogP contribution in [0.25, 0.3) is 28.2 Å². The molecule has 1 N–H and O–H groups in total. The third kappa shape index (κ3) is 2.89. The molecule has 0 saturated carbocycles. The summed E-state index contributed by atoms with van der Waals surface area (Å²) in [5.41, 5.74) is 2.45. The molecule has 124 valence electrons. The number of benzene rings is 1. The van der Waals surface area contributed by atoms with E-state index in [0.29, 0.717) is 16.2 Å². The van der Waals surface area contributed by atoms with E-state index >= 15 is 0 Å². The van der Waals surface area contributed by atoms with E-state index in [4.69, 9.17) is 9.15 Å². The fourth-order valence-corrected chi connectivity index (χ4v) is 3.24. The normalized spacial score (nSPS) is 15.8. The molecule has 2 aromatic heterocycles. The first-order valence-electron chi connectivity index (χ1n) is 7.41. The van der Waals surface area contributed by atoms with Crippen LogP contribution in [0.3, 0.4) is 0 Å². The highest BCUT2D eigenvalue weighted by molar-refractivity contribution is 8.18. The Morgan fingerprint density at radius 1 is 1.20 bits per heavy atom. The zero-order valence-corrected chi connectivity index (χ0v) is 13.9. The maximum Gasteiger partial charge on any atom is 0.290 e. The molecule has 1 aliphatic heterocycles. The molecule has 0 spiro atoms. The third-order valence-electron chi connectivity index (χ3n) is 3.76. The Labute approximate surface area is 146 Å². The largest absolute Gasteiger partial charge is 0.497 e. The van der Waals surface area contributed by atoms with Crippen molar-refractivity contribution in [2.45, 2.75) is 0 Å². The summed E-state index contributed by atoms with van der Waals surface area (Å²) in [4.78, 5) is 27.5. The summed E-state index contributed by atoms with van der Waals surface area (Å²) in [6.07, 6.45) is 4.98. The maximum absolute atomic E-state index is 11.7. The fraction of sp³-hybridized carbons (Fsp3) is 0.0556. The fourth-order valence-electron chi connectivity index (χ4n) is 2.58. The summed E-state index contributed by atoms with van der Waals surface area (Å²) < 4.78 is 11.1. The molecule has 0 aliphatic carbocycles. The Morgan fingerprint density at radius 2 is 2.00 bits per heavy atom. The van der Waals surface area contributed by atoms with Gasteiger partial charge in [0.05, 0.1) is 12.0 Å². The maximum atomic E-state index is 11.7. The molecule has 0 atom stereocenters. The second-order valence-electron chi connectivity index (χ2n) is 5.33. The minimum absolute atomic E-state index is 0.308. The van der Waals surface area contributed by atoms with Gasteiger partial charge in [0.2, 0.25) is 0 Å². The molecule has 0 radical (unpaired) electrons.